The van der Waals surface area contributed by atoms with E-state index in [-0.39, 0.29) is 11.5 Å². The normalized spacial score (nSPS) is 18.3. The lowest BCUT2D eigenvalue weighted by Crippen LogP contribution is -2.38. The SMILES string of the molecule is O=C(CCn1c(=O)c(N2CCCCC2)nc2ccccc21)N1CCCCCC1. The van der Waals surface area contributed by atoms with Crippen LogP contribution in [-0.2, 0) is 11.3 Å². The summed E-state index contributed by atoms with van der Waals surface area (Å²) in [5.74, 6) is 0.704. The Morgan fingerprint density at radius 1 is 0.893 bits per heavy atom. The van der Waals surface area contributed by atoms with E-state index in [9.17, 15) is 9.59 Å². The van der Waals surface area contributed by atoms with Crippen LogP contribution in [0.4, 0.5) is 5.82 Å². The van der Waals surface area contributed by atoms with E-state index in [0.29, 0.717) is 18.8 Å². The summed E-state index contributed by atoms with van der Waals surface area (Å²) in [4.78, 5) is 34.8. The molecular weight excluding hydrogens is 352 g/mol. The zero-order chi connectivity index (χ0) is 19.3. The summed E-state index contributed by atoms with van der Waals surface area (Å²) >= 11 is 0. The second-order valence-corrected chi connectivity index (χ2v) is 7.97. The molecule has 6 heteroatoms. The maximum absolute atomic E-state index is 13.3. The number of nitrogens with zero attached hydrogens (tertiary/aromatic N) is 4. The van der Waals surface area contributed by atoms with Crippen LogP contribution in [0.5, 0.6) is 0 Å². The molecule has 2 aliphatic rings. The van der Waals surface area contributed by atoms with Crippen LogP contribution in [0.3, 0.4) is 0 Å². The van der Waals surface area contributed by atoms with Crippen molar-refractivity contribution in [2.24, 2.45) is 0 Å². The summed E-state index contributed by atoms with van der Waals surface area (Å²) in [6.07, 6.45) is 8.36. The van der Waals surface area contributed by atoms with Gasteiger partial charge in [-0.15, -0.1) is 0 Å². The first-order chi connectivity index (χ1) is 13.7. The van der Waals surface area contributed by atoms with Crippen LogP contribution in [0.1, 0.15) is 51.4 Å². The highest BCUT2D eigenvalue weighted by Gasteiger charge is 2.20. The summed E-state index contributed by atoms with van der Waals surface area (Å²) in [7, 11) is 0. The predicted octanol–water partition coefficient (Wildman–Crippen LogP) is 3.18. The number of benzene rings is 1. The molecular formula is C22H30N4O2. The highest BCUT2D eigenvalue weighted by molar-refractivity contribution is 5.78. The molecule has 4 rings (SSSR count). The number of rotatable bonds is 4. The minimum absolute atomic E-state index is 0.0655. The molecule has 0 radical (unpaired) electrons. The second kappa shape index (κ2) is 8.76. The molecule has 0 saturated carbocycles. The fraction of sp³-hybridized carbons (Fsp3) is 0.591. The number of aromatic nitrogens is 2. The van der Waals surface area contributed by atoms with E-state index in [2.05, 4.69) is 9.88 Å². The topological polar surface area (TPSA) is 58.4 Å². The lowest BCUT2D eigenvalue weighted by molar-refractivity contribution is -0.131. The minimum atomic E-state index is -0.0655. The molecule has 3 heterocycles. The zero-order valence-corrected chi connectivity index (χ0v) is 16.6. The van der Waals surface area contributed by atoms with Crippen molar-refractivity contribution in [1.82, 2.24) is 14.5 Å². The summed E-state index contributed by atoms with van der Waals surface area (Å²) in [5.41, 5.74) is 1.58. The number of piperidine rings is 1. The summed E-state index contributed by atoms with van der Waals surface area (Å²) in [6.45, 7) is 3.88. The molecule has 1 aromatic heterocycles. The Bertz CT molecular complexity index is 878. The average molecular weight is 383 g/mol. The number of hydrogen-bond donors (Lipinski definition) is 0. The maximum Gasteiger partial charge on any atom is 0.294 e. The van der Waals surface area contributed by atoms with Crippen LogP contribution >= 0.6 is 0 Å². The number of hydrogen-bond acceptors (Lipinski definition) is 4. The van der Waals surface area contributed by atoms with Gasteiger partial charge in [0.25, 0.3) is 5.56 Å². The molecule has 150 valence electrons. The molecule has 6 nitrogen and oxygen atoms in total. The number of para-hydroxylation sites is 2. The van der Waals surface area contributed by atoms with E-state index < -0.39 is 0 Å². The van der Waals surface area contributed by atoms with E-state index in [0.717, 1.165) is 62.9 Å². The molecule has 2 aliphatic heterocycles. The molecule has 0 N–H and O–H groups in total. The summed E-state index contributed by atoms with van der Waals surface area (Å²) in [6, 6.07) is 7.76. The number of carbonyl (C=O) groups is 1. The van der Waals surface area contributed by atoms with E-state index >= 15 is 0 Å². The second-order valence-electron chi connectivity index (χ2n) is 7.97. The predicted molar refractivity (Wildman–Crippen MR) is 112 cm³/mol. The van der Waals surface area contributed by atoms with Gasteiger partial charge in [0.15, 0.2) is 5.82 Å². The van der Waals surface area contributed by atoms with Crippen molar-refractivity contribution >= 4 is 22.8 Å². The number of fused-ring (bicyclic) bond motifs is 1. The Morgan fingerprint density at radius 3 is 2.29 bits per heavy atom. The summed E-state index contributed by atoms with van der Waals surface area (Å²) < 4.78 is 1.77. The van der Waals surface area contributed by atoms with Gasteiger partial charge >= 0.3 is 0 Å². The van der Waals surface area contributed by atoms with Crippen LogP contribution in [0.25, 0.3) is 11.0 Å². The van der Waals surface area contributed by atoms with Gasteiger partial charge in [-0.05, 0) is 44.2 Å². The van der Waals surface area contributed by atoms with Crippen molar-refractivity contribution in [1.29, 1.82) is 0 Å². The first-order valence-electron chi connectivity index (χ1n) is 10.8. The van der Waals surface area contributed by atoms with Crippen LogP contribution in [0, 0.1) is 0 Å². The van der Waals surface area contributed by atoms with Gasteiger partial charge in [0.1, 0.15) is 0 Å². The van der Waals surface area contributed by atoms with Gasteiger partial charge in [-0.2, -0.15) is 0 Å². The molecule has 1 aromatic carbocycles. The molecule has 0 spiro atoms. The van der Waals surface area contributed by atoms with Gasteiger partial charge in [0, 0.05) is 39.1 Å². The van der Waals surface area contributed by atoms with Gasteiger partial charge < -0.3 is 14.4 Å². The van der Waals surface area contributed by atoms with Crippen LogP contribution in [0.15, 0.2) is 29.1 Å². The Kier molecular flexibility index (Phi) is 5.93. The monoisotopic (exact) mass is 382 g/mol. The Hall–Kier alpha value is -2.37. The Morgan fingerprint density at radius 2 is 1.54 bits per heavy atom. The molecule has 2 fully saturated rings. The quantitative estimate of drug-likeness (QED) is 0.815. The van der Waals surface area contributed by atoms with Gasteiger partial charge in [-0.1, -0.05) is 25.0 Å². The van der Waals surface area contributed by atoms with E-state index in [1.165, 1.54) is 19.3 Å². The summed E-state index contributed by atoms with van der Waals surface area (Å²) in [5, 5.41) is 0. The van der Waals surface area contributed by atoms with Crippen molar-refractivity contribution in [3.05, 3.63) is 34.6 Å². The molecule has 0 atom stereocenters. The van der Waals surface area contributed by atoms with Crippen molar-refractivity contribution in [2.75, 3.05) is 31.1 Å². The number of aryl methyl sites for hydroxylation is 1. The molecule has 1 amide bonds. The van der Waals surface area contributed by atoms with E-state index in [1.807, 2.05) is 29.2 Å². The van der Waals surface area contributed by atoms with Crippen LogP contribution < -0.4 is 10.5 Å². The number of likely N-dealkylation sites (tertiary alicyclic amines) is 1. The molecule has 0 unspecified atom stereocenters. The van der Waals surface area contributed by atoms with Gasteiger partial charge in [0.05, 0.1) is 11.0 Å². The highest BCUT2D eigenvalue weighted by Crippen LogP contribution is 2.19. The molecule has 2 aromatic rings. The van der Waals surface area contributed by atoms with Crippen molar-refractivity contribution in [2.45, 2.75) is 57.9 Å². The minimum Gasteiger partial charge on any atom is -0.352 e. The lowest BCUT2D eigenvalue weighted by atomic mass is 10.1. The molecule has 0 bridgehead atoms. The number of anilines is 1. The van der Waals surface area contributed by atoms with Gasteiger partial charge in [-0.25, -0.2) is 4.98 Å². The standard InChI is InChI=1S/C22H30N4O2/c27-20(24-13-6-1-2-7-14-24)12-17-26-19-11-5-4-10-18(19)23-21(22(26)28)25-15-8-3-9-16-25/h4-5,10-11H,1-3,6-9,12-17H2. The third-order valence-electron chi connectivity index (χ3n) is 6.00. The zero-order valence-electron chi connectivity index (χ0n) is 16.6. The molecule has 0 aliphatic carbocycles. The fourth-order valence-corrected chi connectivity index (χ4v) is 4.40. The Balaban J connectivity index is 1.60. The largest absolute Gasteiger partial charge is 0.352 e. The van der Waals surface area contributed by atoms with Crippen molar-refractivity contribution in [3.8, 4) is 0 Å². The lowest BCUT2D eigenvalue weighted by Gasteiger charge is -2.28. The van der Waals surface area contributed by atoms with E-state index in [1.54, 1.807) is 4.57 Å². The first kappa shape index (κ1) is 19.0. The van der Waals surface area contributed by atoms with Crippen molar-refractivity contribution in [3.63, 3.8) is 0 Å². The van der Waals surface area contributed by atoms with Crippen LogP contribution in [0.2, 0.25) is 0 Å². The smallest absolute Gasteiger partial charge is 0.294 e. The third kappa shape index (κ3) is 4.05. The number of amides is 1. The first-order valence-corrected chi connectivity index (χ1v) is 10.8. The third-order valence-corrected chi connectivity index (χ3v) is 6.00. The molecule has 28 heavy (non-hydrogen) atoms. The molecule has 2 saturated heterocycles. The maximum atomic E-state index is 13.3. The van der Waals surface area contributed by atoms with Crippen LogP contribution in [-0.4, -0.2) is 46.5 Å². The Labute approximate surface area is 166 Å². The van der Waals surface area contributed by atoms with Crippen molar-refractivity contribution < 1.29 is 4.79 Å². The number of carbonyl (C=O) groups excluding carboxylic acids is 1. The highest BCUT2D eigenvalue weighted by atomic mass is 16.2. The van der Waals surface area contributed by atoms with Gasteiger partial charge in [-0.3, -0.25) is 9.59 Å². The fourth-order valence-electron chi connectivity index (χ4n) is 4.40. The van der Waals surface area contributed by atoms with Gasteiger partial charge in [0.2, 0.25) is 5.91 Å². The average Bonchev–Trinajstić information content (AvgIpc) is 3.03. The van der Waals surface area contributed by atoms with E-state index in [4.69, 9.17) is 0 Å².